The third-order valence-electron chi connectivity index (χ3n) is 4.02. The highest BCUT2D eigenvalue weighted by molar-refractivity contribution is 5.81. The zero-order chi connectivity index (χ0) is 20.7. The normalized spacial score (nSPS) is 12.1. The van der Waals surface area contributed by atoms with Gasteiger partial charge < -0.3 is 28.4 Å². The van der Waals surface area contributed by atoms with Crippen molar-refractivity contribution >= 4 is 5.97 Å². The summed E-state index contributed by atoms with van der Waals surface area (Å²) in [7, 11) is 0. The molecule has 1 unspecified atom stereocenters. The lowest BCUT2D eigenvalue weighted by Crippen LogP contribution is -2.15. The Bertz CT molecular complexity index is 350. The number of carbonyl (C=O) groups is 1. The molecule has 7 nitrogen and oxygen atoms in total. The van der Waals surface area contributed by atoms with Crippen LogP contribution in [0.3, 0.4) is 0 Å². The number of carbonyl (C=O) groups excluding carboxylic acids is 1. The summed E-state index contributed by atoms with van der Waals surface area (Å²) in [6, 6.07) is 0. The van der Waals surface area contributed by atoms with Crippen LogP contribution >= 0.6 is 0 Å². The molecule has 0 aromatic carbocycles. The van der Waals surface area contributed by atoms with E-state index in [9.17, 15) is 4.79 Å². The molecule has 0 N–H and O–H groups in total. The maximum Gasteiger partial charge on any atom is 0.330 e. The molecule has 0 spiro atoms. The highest BCUT2D eigenvalue weighted by Gasteiger charge is 2.05. The van der Waals surface area contributed by atoms with E-state index in [4.69, 9.17) is 28.4 Å². The third kappa shape index (κ3) is 19.8. The topological polar surface area (TPSA) is 72.5 Å². The van der Waals surface area contributed by atoms with Crippen molar-refractivity contribution in [1.29, 1.82) is 0 Å². The zero-order valence-corrected chi connectivity index (χ0v) is 17.8. The predicted octanol–water partition coefficient (Wildman–Crippen LogP) is 3.02. The number of rotatable bonds is 22. The van der Waals surface area contributed by atoms with Gasteiger partial charge in [-0.2, -0.15) is 0 Å². The Morgan fingerprint density at radius 3 is 1.68 bits per heavy atom. The van der Waals surface area contributed by atoms with Crippen LogP contribution in [-0.2, 0) is 33.2 Å². The molecule has 0 amide bonds. The van der Waals surface area contributed by atoms with Crippen molar-refractivity contribution in [1.82, 2.24) is 0 Å². The molecule has 1 atom stereocenters. The van der Waals surface area contributed by atoms with Crippen molar-refractivity contribution in [3.63, 3.8) is 0 Å². The van der Waals surface area contributed by atoms with Crippen LogP contribution in [0.1, 0.15) is 39.5 Å². The second-order valence-corrected chi connectivity index (χ2v) is 6.31. The zero-order valence-electron chi connectivity index (χ0n) is 17.8. The largest absolute Gasteiger partial charge is 0.460 e. The number of hydrogen-bond acceptors (Lipinski definition) is 7. The van der Waals surface area contributed by atoms with E-state index in [2.05, 4.69) is 20.4 Å². The minimum Gasteiger partial charge on any atom is -0.460 e. The molecule has 0 fully saturated rings. The second-order valence-electron chi connectivity index (χ2n) is 6.31. The van der Waals surface area contributed by atoms with E-state index in [1.54, 1.807) is 0 Å². The Kier molecular flexibility index (Phi) is 21.5. The van der Waals surface area contributed by atoms with Gasteiger partial charge in [0.05, 0.1) is 59.5 Å². The quantitative estimate of drug-likeness (QED) is 0.156. The van der Waals surface area contributed by atoms with Gasteiger partial charge in [0.15, 0.2) is 0 Å². The third-order valence-corrected chi connectivity index (χ3v) is 4.02. The summed E-state index contributed by atoms with van der Waals surface area (Å²) < 4.78 is 32.0. The lowest BCUT2D eigenvalue weighted by Gasteiger charge is -2.14. The lowest BCUT2D eigenvalue weighted by molar-refractivity contribution is -0.139. The van der Waals surface area contributed by atoms with Crippen molar-refractivity contribution in [3.8, 4) is 0 Å². The Hall–Kier alpha value is -0.990. The number of esters is 1. The van der Waals surface area contributed by atoms with Gasteiger partial charge in [-0.15, -0.1) is 0 Å². The Morgan fingerprint density at radius 2 is 1.25 bits per heavy atom. The van der Waals surface area contributed by atoms with E-state index in [0.717, 1.165) is 12.7 Å². The van der Waals surface area contributed by atoms with E-state index in [1.807, 2.05) is 0 Å². The summed E-state index contributed by atoms with van der Waals surface area (Å²) >= 11 is 0. The summed E-state index contributed by atoms with van der Waals surface area (Å²) in [5, 5.41) is 0. The predicted molar refractivity (Wildman–Crippen MR) is 109 cm³/mol. The van der Waals surface area contributed by atoms with Gasteiger partial charge >= 0.3 is 5.97 Å². The maximum absolute atomic E-state index is 10.8. The first-order valence-corrected chi connectivity index (χ1v) is 10.4. The van der Waals surface area contributed by atoms with Crippen molar-refractivity contribution in [2.75, 3.05) is 72.7 Å². The first-order chi connectivity index (χ1) is 13.7. The molecule has 7 heteroatoms. The van der Waals surface area contributed by atoms with E-state index < -0.39 is 5.97 Å². The van der Waals surface area contributed by atoms with Gasteiger partial charge in [0, 0.05) is 12.7 Å². The molecule has 0 bridgehead atoms. The Morgan fingerprint density at radius 1 is 0.786 bits per heavy atom. The molecule has 0 radical (unpaired) electrons. The standard InChI is InChI=1S/C21H40O7/c1-4-7-8-20(5-2)19-27-16-15-25-12-11-23-9-10-24-13-14-26-17-18-28-21(22)6-3/h6,20H,3-5,7-19H2,1-2H3. The van der Waals surface area contributed by atoms with Gasteiger partial charge in [-0.05, 0) is 12.3 Å². The van der Waals surface area contributed by atoms with Crippen LogP contribution in [0, 0.1) is 5.92 Å². The molecule has 0 rings (SSSR count). The van der Waals surface area contributed by atoms with Crippen LogP contribution in [0.15, 0.2) is 12.7 Å². The van der Waals surface area contributed by atoms with Gasteiger partial charge in [-0.1, -0.05) is 39.7 Å². The van der Waals surface area contributed by atoms with Crippen molar-refractivity contribution < 1.29 is 33.2 Å². The van der Waals surface area contributed by atoms with Crippen LogP contribution < -0.4 is 0 Å². The van der Waals surface area contributed by atoms with Crippen LogP contribution in [0.25, 0.3) is 0 Å². The van der Waals surface area contributed by atoms with Crippen LogP contribution in [0.5, 0.6) is 0 Å². The van der Waals surface area contributed by atoms with Gasteiger partial charge in [0.1, 0.15) is 6.61 Å². The summed E-state index contributed by atoms with van der Waals surface area (Å²) in [6.07, 6.45) is 6.07. The molecule has 0 aliphatic heterocycles. The molecule has 0 aromatic rings. The molecular formula is C21H40O7. The fraction of sp³-hybridized carbons (Fsp3) is 0.857. The Labute approximate surface area is 170 Å². The van der Waals surface area contributed by atoms with Gasteiger partial charge in [0.2, 0.25) is 0 Å². The SMILES string of the molecule is C=CC(=O)OCCOCCOCCOCCOCCOCC(CC)CCCC. The van der Waals surface area contributed by atoms with E-state index >= 15 is 0 Å². The minimum atomic E-state index is -0.443. The lowest BCUT2D eigenvalue weighted by atomic mass is 10.0. The summed E-state index contributed by atoms with van der Waals surface area (Å²) in [5.74, 6) is 0.226. The van der Waals surface area contributed by atoms with E-state index in [0.29, 0.717) is 65.4 Å². The average molecular weight is 405 g/mol. The average Bonchev–Trinajstić information content (AvgIpc) is 2.72. The molecule has 0 aliphatic rings. The van der Waals surface area contributed by atoms with E-state index in [1.165, 1.54) is 25.7 Å². The second kappa shape index (κ2) is 22.3. The highest BCUT2D eigenvalue weighted by atomic mass is 16.6. The molecule has 0 aromatic heterocycles. The van der Waals surface area contributed by atoms with Gasteiger partial charge in [0.25, 0.3) is 0 Å². The summed E-state index contributed by atoms with van der Waals surface area (Å²) in [4.78, 5) is 10.8. The molecule has 0 heterocycles. The fourth-order valence-corrected chi connectivity index (χ4v) is 2.29. The van der Waals surface area contributed by atoms with Crippen molar-refractivity contribution in [2.24, 2.45) is 5.92 Å². The monoisotopic (exact) mass is 404 g/mol. The van der Waals surface area contributed by atoms with Crippen LogP contribution in [-0.4, -0.2) is 78.6 Å². The minimum absolute atomic E-state index is 0.219. The molecule has 0 saturated heterocycles. The highest BCUT2D eigenvalue weighted by Crippen LogP contribution is 2.12. The first kappa shape index (κ1) is 27.0. The van der Waals surface area contributed by atoms with Crippen molar-refractivity contribution in [3.05, 3.63) is 12.7 Å². The van der Waals surface area contributed by atoms with E-state index in [-0.39, 0.29) is 6.61 Å². The van der Waals surface area contributed by atoms with Gasteiger partial charge in [-0.25, -0.2) is 4.79 Å². The van der Waals surface area contributed by atoms with Crippen molar-refractivity contribution in [2.45, 2.75) is 39.5 Å². The summed E-state index contributed by atoms with van der Waals surface area (Å²) in [5.41, 5.74) is 0. The molecule has 0 aliphatic carbocycles. The number of unbranched alkanes of at least 4 members (excludes halogenated alkanes) is 1. The molecule has 0 saturated carbocycles. The van der Waals surface area contributed by atoms with Gasteiger partial charge in [-0.3, -0.25) is 0 Å². The maximum atomic E-state index is 10.8. The van der Waals surface area contributed by atoms with Crippen LogP contribution in [0.2, 0.25) is 0 Å². The summed E-state index contributed by atoms with van der Waals surface area (Å²) in [6.45, 7) is 13.4. The molecule has 166 valence electrons. The number of ether oxygens (including phenoxy) is 6. The Balaban J connectivity index is 3.15. The first-order valence-electron chi connectivity index (χ1n) is 10.4. The number of hydrogen-bond donors (Lipinski definition) is 0. The fourth-order valence-electron chi connectivity index (χ4n) is 2.29. The molecule has 28 heavy (non-hydrogen) atoms. The van der Waals surface area contributed by atoms with Crippen LogP contribution in [0.4, 0.5) is 0 Å². The smallest absolute Gasteiger partial charge is 0.330 e. The molecular weight excluding hydrogens is 364 g/mol.